The minimum absolute atomic E-state index is 0.715. The van der Waals surface area contributed by atoms with Gasteiger partial charge in [-0.2, -0.15) is 0 Å². The van der Waals surface area contributed by atoms with Crippen molar-refractivity contribution < 1.29 is 0 Å². The van der Waals surface area contributed by atoms with E-state index < -0.39 is 0 Å². The van der Waals surface area contributed by atoms with Crippen molar-refractivity contribution in [3.63, 3.8) is 0 Å². The molecule has 4 atom stereocenters. The Bertz CT molecular complexity index is 258. The molecule has 0 amide bonds. The molecule has 2 heteroatoms. The summed E-state index contributed by atoms with van der Waals surface area (Å²) in [7, 11) is 0. The molecule has 3 rings (SSSR count). The Hall–Kier alpha value is 0.440. The van der Waals surface area contributed by atoms with E-state index in [-0.39, 0.29) is 0 Å². The van der Waals surface area contributed by atoms with Crippen LogP contribution in [0.3, 0.4) is 0 Å². The van der Waals surface area contributed by atoms with Gasteiger partial charge in [0.2, 0.25) is 0 Å². The van der Waals surface area contributed by atoms with Gasteiger partial charge in [0.1, 0.15) is 0 Å². The summed E-state index contributed by atoms with van der Waals surface area (Å²) >= 11 is 3.75. The highest BCUT2D eigenvalue weighted by atomic mass is 79.9. The van der Waals surface area contributed by atoms with Crippen LogP contribution in [-0.4, -0.2) is 29.4 Å². The highest BCUT2D eigenvalue weighted by molar-refractivity contribution is 9.09. The average Bonchev–Trinajstić information content (AvgIpc) is 2.91. The summed E-state index contributed by atoms with van der Waals surface area (Å²) in [5.41, 5.74) is 0. The molecule has 2 saturated carbocycles. The van der Waals surface area contributed by atoms with Gasteiger partial charge in [-0.05, 0) is 68.9 Å². The van der Waals surface area contributed by atoms with Gasteiger partial charge >= 0.3 is 0 Å². The molecule has 17 heavy (non-hydrogen) atoms. The highest BCUT2D eigenvalue weighted by Crippen LogP contribution is 2.48. The van der Waals surface area contributed by atoms with Gasteiger partial charge < -0.3 is 4.90 Å². The van der Waals surface area contributed by atoms with Crippen LogP contribution in [0.25, 0.3) is 0 Å². The molecule has 1 aliphatic heterocycles. The number of hydrogen-bond donors (Lipinski definition) is 0. The van der Waals surface area contributed by atoms with Gasteiger partial charge in [0.05, 0.1) is 0 Å². The SMILES string of the molecule is CC(Br)C1CCN(CC2CC3CCC2C3)CC1. The van der Waals surface area contributed by atoms with E-state index in [0.717, 1.165) is 23.7 Å². The first-order valence-corrected chi connectivity index (χ1v) is 8.50. The molecular formula is C15H26BrN. The zero-order chi connectivity index (χ0) is 11.8. The Kier molecular flexibility index (Phi) is 3.82. The van der Waals surface area contributed by atoms with Crippen molar-refractivity contribution in [3.05, 3.63) is 0 Å². The molecule has 98 valence electrons. The Labute approximate surface area is 114 Å². The largest absolute Gasteiger partial charge is 0.303 e. The van der Waals surface area contributed by atoms with E-state index in [9.17, 15) is 0 Å². The molecule has 2 bridgehead atoms. The van der Waals surface area contributed by atoms with Crippen LogP contribution in [0.1, 0.15) is 45.4 Å². The average molecular weight is 300 g/mol. The maximum absolute atomic E-state index is 3.75. The van der Waals surface area contributed by atoms with Gasteiger partial charge in [0, 0.05) is 11.4 Å². The number of likely N-dealkylation sites (tertiary alicyclic amines) is 1. The minimum atomic E-state index is 0.715. The molecule has 3 fully saturated rings. The third-order valence-electron chi connectivity index (χ3n) is 5.66. The van der Waals surface area contributed by atoms with Crippen molar-refractivity contribution >= 4 is 15.9 Å². The predicted octanol–water partition coefficient (Wildman–Crippen LogP) is 3.92. The number of rotatable bonds is 3. The number of alkyl halides is 1. The molecule has 0 spiro atoms. The maximum atomic E-state index is 3.75. The van der Waals surface area contributed by atoms with Crippen LogP contribution in [0.4, 0.5) is 0 Å². The Morgan fingerprint density at radius 1 is 1.12 bits per heavy atom. The number of hydrogen-bond acceptors (Lipinski definition) is 1. The normalized spacial score (nSPS) is 40.9. The second kappa shape index (κ2) is 5.21. The molecular weight excluding hydrogens is 274 g/mol. The summed E-state index contributed by atoms with van der Waals surface area (Å²) in [6, 6.07) is 0. The molecule has 0 aromatic carbocycles. The third kappa shape index (κ3) is 2.73. The topological polar surface area (TPSA) is 3.24 Å². The lowest BCUT2D eigenvalue weighted by atomic mass is 9.87. The first kappa shape index (κ1) is 12.5. The molecule has 1 saturated heterocycles. The van der Waals surface area contributed by atoms with Crippen LogP contribution < -0.4 is 0 Å². The van der Waals surface area contributed by atoms with Crippen molar-refractivity contribution in [2.75, 3.05) is 19.6 Å². The number of fused-ring (bicyclic) bond motifs is 2. The first-order chi connectivity index (χ1) is 8.22. The predicted molar refractivity (Wildman–Crippen MR) is 76.5 cm³/mol. The van der Waals surface area contributed by atoms with Crippen LogP contribution in [0.15, 0.2) is 0 Å². The Morgan fingerprint density at radius 2 is 1.88 bits per heavy atom. The van der Waals surface area contributed by atoms with Gasteiger partial charge in [-0.1, -0.05) is 29.3 Å². The van der Waals surface area contributed by atoms with Crippen molar-refractivity contribution in [1.29, 1.82) is 0 Å². The molecule has 1 nitrogen and oxygen atoms in total. The molecule has 3 aliphatic rings. The van der Waals surface area contributed by atoms with E-state index in [1.54, 1.807) is 25.7 Å². The summed E-state index contributed by atoms with van der Waals surface area (Å²) < 4.78 is 0. The standard InChI is InChI=1S/C15H26BrN/c1-11(16)13-4-6-17(7-5-13)10-15-9-12-2-3-14(15)8-12/h11-15H,2-10H2,1H3. The molecule has 2 aliphatic carbocycles. The monoisotopic (exact) mass is 299 g/mol. The van der Waals surface area contributed by atoms with Crippen molar-refractivity contribution in [3.8, 4) is 0 Å². The van der Waals surface area contributed by atoms with Crippen LogP contribution in [0.5, 0.6) is 0 Å². The fourth-order valence-electron chi connectivity index (χ4n) is 4.53. The summed E-state index contributed by atoms with van der Waals surface area (Å²) in [6.07, 6.45) is 9.04. The molecule has 0 radical (unpaired) electrons. The first-order valence-electron chi connectivity index (χ1n) is 7.59. The zero-order valence-electron chi connectivity index (χ0n) is 11.1. The summed E-state index contributed by atoms with van der Waals surface area (Å²) in [5.74, 6) is 4.20. The summed E-state index contributed by atoms with van der Waals surface area (Å²) in [4.78, 5) is 3.48. The second-order valence-corrected chi connectivity index (χ2v) is 8.19. The van der Waals surface area contributed by atoms with Gasteiger partial charge in [-0.15, -0.1) is 0 Å². The Morgan fingerprint density at radius 3 is 2.41 bits per heavy atom. The molecule has 0 N–H and O–H groups in total. The lowest BCUT2D eigenvalue weighted by Gasteiger charge is -2.36. The van der Waals surface area contributed by atoms with Gasteiger partial charge in [0.25, 0.3) is 0 Å². The van der Waals surface area contributed by atoms with Crippen LogP contribution >= 0.6 is 15.9 Å². The van der Waals surface area contributed by atoms with Gasteiger partial charge in [0.15, 0.2) is 0 Å². The van der Waals surface area contributed by atoms with Gasteiger partial charge in [-0.25, -0.2) is 0 Å². The van der Waals surface area contributed by atoms with Crippen molar-refractivity contribution in [2.24, 2.45) is 23.7 Å². The molecule has 1 heterocycles. The molecule has 4 unspecified atom stereocenters. The van der Waals surface area contributed by atoms with Crippen molar-refractivity contribution in [2.45, 2.75) is 50.3 Å². The van der Waals surface area contributed by atoms with Crippen LogP contribution in [-0.2, 0) is 0 Å². The quantitative estimate of drug-likeness (QED) is 0.714. The fourth-order valence-corrected chi connectivity index (χ4v) is 5.06. The van der Waals surface area contributed by atoms with E-state index in [2.05, 4.69) is 27.8 Å². The van der Waals surface area contributed by atoms with Gasteiger partial charge in [-0.3, -0.25) is 0 Å². The van der Waals surface area contributed by atoms with Crippen molar-refractivity contribution in [1.82, 2.24) is 4.90 Å². The smallest absolute Gasteiger partial charge is 0.0146 e. The summed E-state index contributed by atoms with van der Waals surface area (Å²) in [6.45, 7) is 6.45. The molecule has 0 aromatic heterocycles. The maximum Gasteiger partial charge on any atom is 0.0146 e. The van der Waals surface area contributed by atoms with E-state index in [4.69, 9.17) is 0 Å². The number of piperidine rings is 1. The number of halogens is 1. The van der Waals surface area contributed by atoms with E-state index in [1.165, 1.54) is 32.5 Å². The molecule has 0 aromatic rings. The third-order valence-corrected chi connectivity index (χ3v) is 6.41. The van der Waals surface area contributed by atoms with Crippen LogP contribution in [0.2, 0.25) is 0 Å². The number of nitrogens with zero attached hydrogens (tertiary/aromatic N) is 1. The fraction of sp³-hybridized carbons (Fsp3) is 1.00. The highest BCUT2D eigenvalue weighted by Gasteiger charge is 2.40. The lowest BCUT2D eigenvalue weighted by molar-refractivity contribution is 0.140. The van der Waals surface area contributed by atoms with E-state index >= 15 is 0 Å². The van der Waals surface area contributed by atoms with Crippen LogP contribution in [0, 0.1) is 23.7 Å². The lowest BCUT2D eigenvalue weighted by Crippen LogP contribution is -2.39. The van der Waals surface area contributed by atoms with E-state index in [1.807, 2.05) is 0 Å². The van der Waals surface area contributed by atoms with E-state index in [0.29, 0.717) is 4.83 Å². The zero-order valence-corrected chi connectivity index (χ0v) is 12.7. The second-order valence-electron chi connectivity index (χ2n) is 6.75. The minimum Gasteiger partial charge on any atom is -0.303 e. The Balaban J connectivity index is 1.45. The summed E-state index contributed by atoms with van der Waals surface area (Å²) in [5, 5.41) is 0.